The van der Waals surface area contributed by atoms with Crippen molar-refractivity contribution in [3.63, 3.8) is 0 Å². The Morgan fingerprint density at radius 2 is 1.39 bits per heavy atom. The summed E-state index contributed by atoms with van der Waals surface area (Å²) in [5.74, 6) is 0. The Morgan fingerprint density at radius 3 is 1.72 bits per heavy atom. The normalized spacial score (nSPS) is 11.9. The van der Waals surface area contributed by atoms with Gasteiger partial charge in [0.25, 0.3) is 0 Å². The summed E-state index contributed by atoms with van der Waals surface area (Å²) in [6, 6.07) is 7.40. The Bertz CT molecular complexity index is 352. The van der Waals surface area contributed by atoms with E-state index in [1.54, 1.807) is 0 Å². The summed E-state index contributed by atoms with van der Waals surface area (Å²) in [6.45, 7) is 7.39. The molecule has 0 aliphatic heterocycles. The second-order valence-corrected chi connectivity index (χ2v) is 6.87. The molecule has 0 amide bonds. The molecular weight excluding hydrogens is 267 g/mol. The minimum absolute atomic E-state index is 0.444. The Hall–Kier alpha value is -0.583. The van der Waals surface area contributed by atoms with E-state index in [2.05, 4.69) is 0 Å². The van der Waals surface area contributed by atoms with Crippen LogP contribution in [0.5, 0.6) is 0 Å². The van der Waals surface area contributed by atoms with Gasteiger partial charge in [-0.25, -0.2) is 0 Å². The Kier molecular flexibility index (Phi) is 6.68. The van der Waals surface area contributed by atoms with E-state index in [-0.39, 0.29) is 0 Å². The molecule has 0 saturated heterocycles. The summed E-state index contributed by atoms with van der Waals surface area (Å²) in [5, 5.41) is 1.70. The quantitative estimate of drug-likeness (QED) is 0.538. The lowest BCUT2D eigenvalue weighted by atomic mass is 10.4. The summed E-state index contributed by atoms with van der Waals surface area (Å²) in [5.41, 5.74) is 0. The lowest BCUT2D eigenvalue weighted by molar-refractivity contribution is 0.0859. The highest BCUT2D eigenvalue weighted by atomic mass is 31.1. The van der Waals surface area contributed by atoms with Crippen molar-refractivity contribution in [1.29, 1.82) is 0 Å². The molecule has 1 atom stereocenters. The Labute approximate surface area is 111 Å². The number of rotatable bonds is 8. The number of benzene rings is 1. The molecule has 4 nitrogen and oxygen atoms in total. The van der Waals surface area contributed by atoms with Crippen LogP contribution in [0.4, 0.5) is 0 Å². The van der Waals surface area contributed by atoms with Crippen molar-refractivity contribution in [3.8, 4) is 0 Å². The van der Waals surface area contributed by atoms with Gasteiger partial charge >= 0.3 is 17.3 Å². The molecule has 0 aromatic heterocycles. The molecule has 0 fully saturated rings. The van der Waals surface area contributed by atoms with Crippen LogP contribution in [0, 0.1) is 0 Å². The van der Waals surface area contributed by atoms with Crippen molar-refractivity contribution in [2.45, 2.75) is 20.8 Å². The van der Waals surface area contributed by atoms with Crippen LogP contribution in [-0.2, 0) is 17.8 Å². The third kappa shape index (κ3) is 3.70. The standard InChI is InChI=1S/C12H19O4PSi/c1-4-14-18(15-5-2,16-6-3)12-9-7-11(17-13)8-10-12/h7-10H,4-6H2,1-3H3/p+1. The largest absolute Gasteiger partial charge is 0.537 e. The van der Waals surface area contributed by atoms with Crippen molar-refractivity contribution in [1.82, 2.24) is 0 Å². The molecule has 0 N–H and O–H groups in total. The Morgan fingerprint density at radius 1 is 0.944 bits per heavy atom. The average Bonchev–Trinajstić information content (AvgIpc) is 2.39. The van der Waals surface area contributed by atoms with E-state index in [1.165, 1.54) is 0 Å². The van der Waals surface area contributed by atoms with E-state index in [1.807, 2.05) is 45.0 Å². The maximum absolute atomic E-state index is 10.8. The van der Waals surface area contributed by atoms with Gasteiger partial charge in [-0.1, -0.05) is 16.7 Å². The van der Waals surface area contributed by atoms with E-state index < -0.39 is 17.3 Å². The maximum atomic E-state index is 10.8. The molecule has 1 unspecified atom stereocenters. The molecule has 0 spiro atoms. The molecular formula is C12H20O4PSi+. The SMILES string of the molecule is CCO[Si](OCC)(OCC)c1ccc([PH+]=O)cc1. The molecule has 0 aliphatic carbocycles. The molecule has 0 aliphatic rings. The molecule has 1 aromatic rings. The van der Waals surface area contributed by atoms with Gasteiger partial charge in [-0.3, -0.25) is 0 Å². The molecule has 0 saturated carbocycles. The van der Waals surface area contributed by atoms with Gasteiger partial charge in [0.2, 0.25) is 0 Å². The molecule has 100 valence electrons. The van der Waals surface area contributed by atoms with Gasteiger partial charge in [-0.05, 0) is 32.9 Å². The average molecular weight is 287 g/mol. The van der Waals surface area contributed by atoms with Crippen molar-refractivity contribution in [2.75, 3.05) is 19.8 Å². The minimum Gasteiger partial charge on any atom is -0.370 e. The van der Waals surface area contributed by atoms with Crippen molar-refractivity contribution in [3.05, 3.63) is 24.3 Å². The van der Waals surface area contributed by atoms with Gasteiger partial charge in [0.05, 0.1) is 0 Å². The zero-order valence-corrected chi connectivity index (χ0v) is 13.1. The lowest BCUT2D eigenvalue weighted by Crippen LogP contribution is -2.57. The molecule has 0 radical (unpaired) electrons. The van der Waals surface area contributed by atoms with Crippen molar-refractivity contribution < 1.29 is 17.8 Å². The van der Waals surface area contributed by atoms with Crippen LogP contribution < -0.4 is 10.5 Å². The molecule has 6 heteroatoms. The van der Waals surface area contributed by atoms with Gasteiger partial charge in [-0.2, -0.15) is 0 Å². The number of hydrogen-bond acceptors (Lipinski definition) is 4. The summed E-state index contributed by atoms with van der Waals surface area (Å²) < 4.78 is 28.2. The summed E-state index contributed by atoms with van der Waals surface area (Å²) in [6.07, 6.45) is 0. The van der Waals surface area contributed by atoms with Gasteiger partial charge in [-0.15, -0.1) is 0 Å². The highest BCUT2D eigenvalue weighted by Gasteiger charge is 2.43. The van der Waals surface area contributed by atoms with Gasteiger partial charge in [0.1, 0.15) is 0 Å². The first-order valence-electron chi connectivity index (χ1n) is 6.13. The van der Waals surface area contributed by atoms with Crippen LogP contribution >= 0.6 is 8.46 Å². The monoisotopic (exact) mass is 287 g/mol. The second kappa shape index (κ2) is 7.76. The van der Waals surface area contributed by atoms with Crippen LogP contribution in [0.2, 0.25) is 0 Å². The van der Waals surface area contributed by atoms with E-state index in [0.717, 1.165) is 10.5 Å². The van der Waals surface area contributed by atoms with Crippen LogP contribution in [0.3, 0.4) is 0 Å². The smallest absolute Gasteiger partial charge is 0.370 e. The van der Waals surface area contributed by atoms with E-state index >= 15 is 0 Å². The van der Waals surface area contributed by atoms with Gasteiger partial charge in [0.15, 0.2) is 5.30 Å². The van der Waals surface area contributed by atoms with Crippen LogP contribution in [-0.4, -0.2) is 28.6 Å². The molecule has 0 heterocycles. The van der Waals surface area contributed by atoms with E-state index in [9.17, 15) is 4.57 Å². The Balaban J connectivity index is 3.08. The molecule has 0 bridgehead atoms. The van der Waals surface area contributed by atoms with E-state index in [0.29, 0.717) is 19.8 Å². The fourth-order valence-electron chi connectivity index (χ4n) is 1.69. The summed E-state index contributed by atoms with van der Waals surface area (Å²) >= 11 is 0. The summed E-state index contributed by atoms with van der Waals surface area (Å²) in [7, 11) is -3.25. The number of hydrogen-bond donors (Lipinski definition) is 0. The third-order valence-electron chi connectivity index (χ3n) is 2.36. The van der Waals surface area contributed by atoms with Gasteiger partial charge < -0.3 is 13.3 Å². The van der Waals surface area contributed by atoms with E-state index in [4.69, 9.17) is 13.3 Å². The maximum Gasteiger partial charge on any atom is 0.537 e. The minimum atomic E-state index is -2.81. The predicted molar refractivity (Wildman–Crippen MR) is 75.3 cm³/mol. The van der Waals surface area contributed by atoms with Crippen molar-refractivity contribution in [2.24, 2.45) is 0 Å². The van der Waals surface area contributed by atoms with Gasteiger partial charge in [0, 0.05) is 25.0 Å². The predicted octanol–water partition coefficient (Wildman–Crippen LogP) is 1.59. The zero-order chi connectivity index (χ0) is 13.4. The first kappa shape index (κ1) is 15.5. The third-order valence-corrected chi connectivity index (χ3v) is 5.97. The van der Waals surface area contributed by atoms with Crippen LogP contribution in [0.15, 0.2) is 24.3 Å². The highest BCUT2D eigenvalue weighted by molar-refractivity contribution is 7.34. The molecule has 1 aromatic carbocycles. The summed E-state index contributed by atoms with van der Waals surface area (Å²) in [4.78, 5) is 0. The molecule has 18 heavy (non-hydrogen) atoms. The first-order chi connectivity index (χ1) is 8.72. The molecule has 1 rings (SSSR count). The van der Waals surface area contributed by atoms with Crippen LogP contribution in [0.25, 0.3) is 0 Å². The van der Waals surface area contributed by atoms with Crippen LogP contribution in [0.1, 0.15) is 20.8 Å². The fourth-order valence-corrected chi connectivity index (χ4v) is 4.46. The van der Waals surface area contributed by atoms with Crippen molar-refractivity contribution >= 4 is 27.8 Å². The second-order valence-electron chi connectivity index (χ2n) is 3.53. The first-order valence-corrected chi connectivity index (χ1v) is 8.76. The lowest BCUT2D eigenvalue weighted by Gasteiger charge is -2.28. The topological polar surface area (TPSA) is 44.8 Å². The fraction of sp³-hybridized carbons (Fsp3) is 0.500. The zero-order valence-electron chi connectivity index (χ0n) is 11.1. The highest BCUT2D eigenvalue weighted by Crippen LogP contribution is 2.11.